The normalized spacial score (nSPS) is 13.6. The largest absolute Gasteiger partial charge is 0.383 e. The summed E-state index contributed by atoms with van der Waals surface area (Å²) in [6.07, 6.45) is 0.579. The van der Waals surface area contributed by atoms with Crippen LogP contribution in [0.3, 0.4) is 0 Å². The number of carbonyl (C=O) groups is 1. The zero-order valence-electron chi connectivity index (χ0n) is 14.1. The lowest BCUT2D eigenvalue weighted by atomic mass is 9.99. The molecule has 130 valence electrons. The fraction of sp³-hybridized carbons (Fsp3) is 0.263. The minimum Gasteiger partial charge on any atom is -0.383 e. The van der Waals surface area contributed by atoms with Gasteiger partial charge in [-0.2, -0.15) is 0 Å². The molecule has 0 saturated carbocycles. The highest BCUT2D eigenvalue weighted by Gasteiger charge is 2.21. The van der Waals surface area contributed by atoms with Crippen LogP contribution in [0.15, 0.2) is 42.7 Å². The van der Waals surface area contributed by atoms with Gasteiger partial charge in [0, 0.05) is 22.5 Å². The van der Waals surface area contributed by atoms with E-state index in [1.165, 1.54) is 0 Å². The summed E-state index contributed by atoms with van der Waals surface area (Å²) in [5.41, 5.74) is 2.49. The highest BCUT2D eigenvalue weighted by Crippen LogP contribution is 2.29. The van der Waals surface area contributed by atoms with E-state index in [1.807, 2.05) is 50.2 Å². The molecular weight excluding hydrogens is 338 g/mol. The number of aliphatic hydroxyl groups is 1. The number of hydrogen-bond donors (Lipinski definition) is 3. The Morgan fingerprint density at radius 3 is 2.68 bits per heavy atom. The quantitative estimate of drug-likeness (QED) is 0.655. The van der Waals surface area contributed by atoms with Gasteiger partial charge in [-0.3, -0.25) is 4.79 Å². The number of H-pyrrole nitrogens is 1. The van der Waals surface area contributed by atoms with Gasteiger partial charge in [0.2, 0.25) is 5.91 Å². The molecule has 0 bridgehead atoms. The van der Waals surface area contributed by atoms with Crippen LogP contribution in [0.1, 0.15) is 29.9 Å². The number of carbonyl (C=O) groups excluding carboxylic acids is 1. The van der Waals surface area contributed by atoms with Crippen LogP contribution in [-0.4, -0.2) is 27.1 Å². The van der Waals surface area contributed by atoms with Crippen molar-refractivity contribution in [1.82, 2.24) is 15.3 Å². The fourth-order valence-electron chi connectivity index (χ4n) is 2.92. The molecule has 0 spiro atoms. The summed E-state index contributed by atoms with van der Waals surface area (Å²) in [4.78, 5) is 19.4. The van der Waals surface area contributed by atoms with E-state index in [1.54, 1.807) is 6.33 Å². The number of halogens is 1. The number of nitrogens with one attached hydrogen (secondary N) is 2. The molecule has 2 aromatic carbocycles. The molecule has 2 unspecified atom stereocenters. The standard InChI is InChI=1S/C19H20ClN3O2/c1-11(13-7-8-16(20)15-6-4-3-5-14(13)15)23-19(25)18(24)9-17-12(2)21-10-22-17/h3-8,10-11,18,24H,9H2,1-2H3,(H,21,22)(H,23,25). The first-order valence-corrected chi connectivity index (χ1v) is 8.49. The average molecular weight is 358 g/mol. The number of rotatable bonds is 5. The van der Waals surface area contributed by atoms with E-state index in [-0.39, 0.29) is 12.5 Å². The lowest BCUT2D eigenvalue weighted by Crippen LogP contribution is -2.37. The predicted molar refractivity (Wildman–Crippen MR) is 98.6 cm³/mol. The fourth-order valence-corrected chi connectivity index (χ4v) is 3.15. The van der Waals surface area contributed by atoms with E-state index < -0.39 is 12.0 Å². The zero-order valence-corrected chi connectivity index (χ0v) is 14.8. The summed E-state index contributed by atoms with van der Waals surface area (Å²) in [5.74, 6) is -0.422. The second-order valence-electron chi connectivity index (χ2n) is 6.11. The maximum Gasteiger partial charge on any atom is 0.249 e. The summed E-state index contributed by atoms with van der Waals surface area (Å²) >= 11 is 6.25. The first-order chi connectivity index (χ1) is 12.0. The smallest absolute Gasteiger partial charge is 0.249 e. The number of hydrogen-bond acceptors (Lipinski definition) is 3. The van der Waals surface area contributed by atoms with Gasteiger partial charge in [0.15, 0.2) is 0 Å². The van der Waals surface area contributed by atoms with Crippen molar-refractivity contribution < 1.29 is 9.90 Å². The Kier molecular flexibility index (Phi) is 5.06. The zero-order chi connectivity index (χ0) is 18.0. The molecule has 3 aromatic rings. The van der Waals surface area contributed by atoms with Gasteiger partial charge in [0.05, 0.1) is 18.1 Å². The number of aromatic amines is 1. The van der Waals surface area contributed by atoms with E-state index in [9.17, 15) is 9.90 Å². The Labute approximate surface area is 151 Å². The third-order valence-corrected chi connectivity index (χ3v) is 4.68. The number of aryl methyl sites for hydroxylation is 1. The van der Waals surface area contributed by atoms with Crippen LogP contribution >= 0.6 is 11.6 Å². The van der Waals surface area contributed by atoms with Crippen molar-refractivity contribution in [1.29, 1.82) is 0 Å². The van der Waals surface area contributed by atoms with Crippen molar-refractivity contribution in [2.24, 2.45) is 0 Å². The highest BCUT2D eigenvalue weighted by molar-refractivity contribution is 6.35. The van der Waals surface area contributed by atoms with Crippen molar-refractivity contribution in [2.45, 2.75) is 32.4 Å². The van der Waals surface area contributed by atoms with E-state index in [2.05, 4.69) is 15.3 Å². The number of imidazole rings is 1. The maximum absolute atomic E-state index is 12.3. The van der Waals surface area contributed by atoms with E-state index in [4.69, 9.17) is 11.6 Å². The van der Waals surface area contributed by atoms with Gasteiger partial charge in [-0.05, 0) is 30.9 Å². The molecule has 5 nitrogen and oxygen atoms in total. The van der Waals surface area contributed by atoms with E-state index >= 15 is 0 Å². The Morgan fingerprint density at radius 2 is 2.00 bits per heavy atom. The topological polar surface area (TPSA) is 78.0 Å². The van der Waals surface area contributed by atoms with Gasteiger partial charge in [-0.1, -0.05) is 41.9 Å². The molecule has 3 N–H and O–H groups in total. The van der Waals surface area contributed by atoms with Gasteiger partial charge in [-0.15, -0.1) is 0 Å². The second-order valence-corrected chi connectivity index (χ2v) is 6.51. The number of amides is 1. The molecule has 0 aliphatic heterocycles. The van der Waals surface area contributed by atoms with Crippen LogP contribution in [0.5, 0.6) is 0 Å². The summed E-state index contributed by atoms with van der Waals surface area (Å²) in [6.45, 7) is 3.75. The molecule has 2 atom stereocenters. The maximum atomic E-state index is 12.3. The Balaban J connectivity index is 1.76. The Hall–Kier alpha value is -2.37. The van der Waals surface area contributed by atoms with Crippen molar-refractivity contribution in [2.75, 3.05) is 0 Å². The molecule has 1 aromatic heterocycles. The number of benzene rings is 2. The van der Waals surface area contributed by atoms with Crippen LogP contribution in [0.25, 0.3) is 10.8 Å². The molecule has 3 rings (SSSR count). The molecule has 0 saturated heterocycles. The third kappa shape index (κ3) is 3.67. The Bertz CT molecular complexity index is 907. The predicted octanol–water partition coefficient (Wildman–Crippen LogP) is 3.31. The summed E-state index contributed by atoms with van der Waals surface area (Å²) in [7, 11) is 0. The van der Waals surface area contributed by atoms with Crippen molar-refractivity contribution in [3.8, 4) is 0 Å². The number of aliphatic hydroxyl groups excluding tert-OH is 1. The molecule has 1 heterocycles. The van der Waals surface area contributed by atoms with Crippen LogP contribution in [-0.2, 0) is 11.2 Å². The molecule has 0 aliphatic rings. The van der Waals surface area contributed by atoms with Gasteiger partial charge < -0.3 is 15.4 Å². The van der Waals surface area contributed by atoms with Crippen molar-refractivity contribution in [3.63, 3.8) is 0 Å². The highest BCUT2D eigenvalue weighted by atomic mass is 35.5. The molecular formula is C19H20ClN3O2. The number of fused-ring (bicyclic) bond motifs is 1. The van der Waals surface area contributed by atoms with E-state index in [0.29, 0.717) is 10.7 Å². The molecule has 1 amide bonds. The van der Waals surface area contributed by atoms with Gasteiger partial charge in [-0.25, -0.2) is 4.98 Å². The summed E-state index contributed by atoms with van der Waals surface area (Å²) in [6, 6.07) is 11.3. The van der Waals surface area contributed by atoms with Crippen LogP contribution in [0, 0.1) is 6.92 Å². The summed E-state index contributed by atoms with van der Waals surface area (Å²) in [5, 5.41) is 15.6. The molecule has 0 fully saturated rings. The lowest BCUT2D eigenvalue weighted by Gasteiger charge is -2.19. The SMILES string of the molecule is Cc1[nH]cnc1CC(O)C(=O)NC(C)c1ccc(Cl)c2ccccc12. The average Bonchev–Trinajstić information content (AvgIpc) is 3.00. The van der Waals surface area contributed by atoms with Crippen LogP contribution < -0.4 is 5.32 Å². The number of aromatic nitrogens is 2. The first kappa shape index (κ1) is 17.5. The summed E-state index contributed by atoms with van der Waals surface area (Å²) < 4.78 is 0. The van der Waals surface area contributed by atoms with Gasteiger partial charge in [0.1, 0.15) is 6.10 Å². The second kappa shape index (κ2) is 7.25. The van der Waals surface area contributed by atoms with Crippen molar-refractivity contribution >= 4 is 28.3 Å². The van der Waals surface area contributed by atoms with Crippen LogP contribution in [0.4, 0.5) is 0 Å². The third-order valence-electron chi connectivity index (χ3n) is 4.35. The first-order valence-electron chi connectivity index (χ1n) is 8.11. The Morgan fingerprint density at radius 1 is 1.28 bits per heavy atom. The van der Waals surface area contributed by atoms with Crippen molar-refractivity contribution in [3.05, 3.63) is 64.7 Å². The molecule has 0 aliphatic carbocycles. The lowest BCUT2D eigenvalue weighted by molar-refractivity contribution is -0.129. The monoisotopic (exact) mass is 357 g/mol. The minimum atomic E-state index is -1.15. The van der Waals surface area contributed by atoms with Gasteiger partial charge >= 0.3 is 0 Å². The van der Waals surface area contributed by atoms with Crippen LogP contribution in [0.2, 0.25) is 5.02 Å². The van der Waals surface area contributed by atoms with Gasteiger partial charge in [0.25, 0.3) is 0 Å². The molecule has 25 heavy (non-hydrogen) atoms. The number of nitrogens with zero attached hydrogens (tertiary/aromatic N) is 1. The van der Waals surface area contributed by atoms with E-state index in [0.717, 1.165) is 22.0 Å². The molecule has 6 heteroatoms. The minimum absolute atomic E-state index is 0.176. The molecule has 0 radical (unpaired) electrons.